The van der Waals surface area contributed by atoms with E-state index < -0.39 is 0 Å². The molecule has 0 atom stereocenters. The zero-order chi connectivity index (χ0) is 20.5. The first kappa shape index (κ1) is 21.3. The smallest absolute Gasteiger partial charge is 0.295 e. The van der Waals surface area contributed by atoms with E-state index in [1.165, 1.54) is 15.4 Å². The summed E-state index contributed by atoms with van der Waals surface area (Å²) in [5.74, 6) is 0.691. The van der Waals surface area contributed by atoms with Gasteiger partial charge in [0, 0.05) is 16.1 Å². The number of rotatable bonds is 8. The van der Waals surface area contributed by atoms with E-state index in [0.29, 0.717) is 13.2 Å². The molecule has 1 aliphatic rings. The van der Waals surface area contributed by atoms with Crippen molar-refractivity contribution < 1.29 is 19.3 Å². The second kappa shape index (κ2) is 11.0. The minimum Gasteiger partial charge on any atom is -0.493 e. The number of hydrogen-bond acceptors (Lipinski definition) is 3. The molecule has 0 radical (unpaired) electrons. The van der Waals surface area contributed by atoms with Crippen LogP contribution in [0.1, 0.15) is 18.1 Å². The summed E-state index contributed by atoms with van der Waals surface area (Å²) in [6.07, 6.45) is 1.63. The van der Waals surface area contributed by atoms with Crippen LogP contribution in [0.4, 0.5) is 0 Å². The number of halogens is 1. The highest BCUT2D eigenvalue weighted by atomic mass is 35.5. The summed E-state index contributed by atoms with van der Waals surface area (Å²) in [6.45, 7) is 7.87. The number of hydrogen-bond donors (Lipinski definition) is 3. The Morgan fingerprint density at radius 3 is 2.55 bits per heavy atom. The number of benzene rings is 2. The van der Waals surface area contributed by atoms with E-state index in [1.54, 1.807) is 6.21 Å². The predicted molar refractivity (Wildman–Crippen MR) is 115 cm³/mol. The van der Waals surface area contributed by atoms with Crippen molar-refractivity contribution in [1.29, 1.82) is 0 Å². The number of piperazine rings is 1. The Morgan fingerprint density at radius 1 is 1.10 bits per heavy atom. The fourth-order valence-corrected chi connectivity index (χ4v) is 3.74. The molecule has 1 aliphatic heterocycles. The van der Waals surface area contributed by atoms with Crippen molar-refractivity contribution in [3.63, 3.8) is 0 Å². The SMILES string of the molecule is CCOc1ccccc1/C=N\NC(=O)C[NH+]1CC[NH+](Cc2ccccc2Cl)CC1. The van der Waals surface area contributed by atoms with Gasteiger partial charge in [0.05, 0.1) is 12.8 Å². The van der Waals surface area contributed by atoms with Crippen LogP contribution in [-0.4, -0.2) is 51.5 Å². The molecule has 1 amide bonds. The summed E-state index contributed by atoms with van der Waals surface area (Å²) in [6, 6.07) is 15.6. The second-order valence-corrected chi connectivity index (χ2v) is 7.62. The molecule has 29 heavy (non-hydrogen) atoms. The number of carbonyl (C=O) groups is 1. The minimum absolute atomic E-state index is 0.0697. The molecule has 0 aliphatic carbocycles. The van der Waals surface area contributed by atoms with E-state index in [9.17, 15) is 4.79 Å². The van der Waals surface area contributed by atoms with Gasteiger partial charge >= 0.3 is 0 Å². The third-order valence-corrected chi connectivity index (χ3v) is 5.45. The van der Waals surface area contributed by atoms with Crippen molar-refractivity contribution in [2.24, 2.45) is 5.10 Å². The average Bonchev–Trinajstić information content (AvgIpc) is 2.73. The van der Waals surface area contributed by atoms with Gasteiger partial charge in [-0.25, -0.2) is 5.43 Å². The molecule has 0 unspecified atom stereocenters. The molecule has 0 bridgehead atoms. The highest BCUT2D eigenvalue weighted by molar-refractivity contribution is 6.31. The van der Waals surface area contributed by atoms with Gasteiger partial charge in [0.15, 0.2) is 6.54 Å². The Kier molecular flexibility index (Phi) is 8.04. The van der Waals surface area contributed by atoms with Gasteiger partial charge in [-0.2, -0.15) is 5.10 Å². The first-order valence-corrected chi connectivity index (χ1v) is 10.5. The van der Waals surface area contributed by atoms with Crippen LogP contribution in [0.15, 0.2) is 53.6 Å². The lowest BCUT2D eigenvalue weighted by molar-refractivity contribution is -1.02. The summed E-state index contributed by atoms with van der Waals surface area (Å²) in [7, 11) is 0. The van der Waals surface area contributed by atoms with Crippen LogP contribution >= 0.6 is 11.6 Å². The maximum atomic E-state index is 12.2. The molecule has 0 saturated carbocycles. The van der Waals surface area contributed by atoms with Gasteiger partial charge in [-0.1, -0.05) is 41.9 Å². The van der Waals surface area contributed by atoms with Crippen molar-refractivity contribution in [3.8, 4) is 5.75 Å². The summed E-state index contributed by atoms with van der Waals surface area (Å²) >= 11 is 6.27. The molecule has 2 aromatic rings. The van der Waals surface area contributed by atoms with Gasteiger partial charge in [-0.05, 0) is 25.1 Å². The monoisotopic (exact) mass is 416 g/mol. The predicted octanol–water partition coefficient (Wildman–Crippen LogP) is 0.172. The summed E-state index contributed by atoms with van der Waals surface area (Å²) in [5.41, 5.74) is 4.67. The fraction of sp³-hybridized carbons (Fsp3) is 0.364. The maximum absolute atomic E-state index is 12.2. The summed E-state index contributed by atoms with van der Waals surface area (Å²) < 4.78 is 5.56. The number of nitrogens with zero attached hydrogens (tertiary/aromatic N) is 1. The van der Waals surface area contributed by atoms with E-state index in [-0.39, 0.29) is 5.91 Å². The van der Waals surface area contributed by atoms with Crippen LogP contribution < -0.4 is 20.0 Å². The van der Waals surface area contributed by atoms with E-state index >= 15 is 0 Å². The molecular weight excluding hydrogens is 388 g/mol. The molecule has 6 nitrogen and oxygen atoms in total. The van der Waals surface area contributed by atoms with Crippen LogP contribution in [0.5, 0.6) is 5.75 Å². The van der Waals surface area contributed by atoms with Crippen molar-refractivity contribution >= 4 is 23.7 Å². The number of quaternary nitrogens is 2. The fourth-order valence-electron chi connectivity index (χ4n) is 3.54. The zero-order valence-electron chi connectivity index (χ0n) is 16.8. The molecule has 1 saturated heterocycles. The van der Waals surface area contributed by atoms with Crippen molar-refractivity contribution in [1.82, 2.24) is 5.43 Å². The first-order valence-electron chi connectivity index (χ1n) is 10.1. The number of para-hydroxylation sites is 1. The summed E-state index contributed by atoms with van der Waals surface area (Å²) in [4.78, 5) is 15.0. The van der Waals surface area contributed by atoms with Crippen molar-refractivity contribution in [3.05, 3.63) is 64.7 Å². The third kappa shape index (κ3) is 6.56. The molecule has 1 heterocycles. The maximum Gasteiger partial charge on any atom is 0.295 e. The van der Waals surface area contributed by atoms with E-state index in [0.717, 1.165) is 49.1 Å². The number of ether oxygens (including phenoxy) is 1. The lowest BCUT2D eigenvalue weighted by Crippen LogP contribution is -3.28. The molecule has 2 aromatic carbocycles. The van der Waals surface area contributed by atoms with Crippen molar-refractivity contribution in [2.75, 3.05) is 39.3 Å². The highest BCUT2D eigenvalue weighted by Crippen LogP contribution is 2.15. The highest BCUT2D eigenvalue weighted by Gasteiger charge is 2.25. The van der Waals surface area contributed by atoms with Crippen LogP contribution in [0, 0.1) is 0 Å². The number of nitrogens with one attached hydrogen (secondary N) is 3. The van der Waals surface area contributed by atoms with E-state index in [2.05, 4.69) is 16.6 Å². The second-order valence-electron chi connectivity index (χ2n) is 7.21. The molecular formula is C22H29ClN4O2+2. The van der Waals surface area contributed by atoms with Crippen molar-refractivity contribution in [2.45, 2.75) is 13.5 Å². The third-order valence-electron chi connectivity index (χ3n) is 5.08. The standard InChI is InChI=1S/C22H27ClN4O2/c1-2-29-21-10-6-4-7-18(21)15-24-25-22(28)17-27-13-11-26(12-14-27)16-19-8-3-5-9-20(19)23/h3-10,15H,2,11-14,16-17H2,1H3,(H,25,28)/p+2/b24-15-. The van der Waals surface area contributed by atoms with Crippen LogP contribution in [0.25, 0.3) is 0 Å². The molecule has 154 valence electrons. The Balaban J connectivity index is 1.41. The van der Waals surface area contributed by atoms with E-state index in [1.807, 2.05) is 49.4 Å². The van der Waals surface area contributed by atoms with Gasteiger partial charge in [-0.3, -0.25) is 4.79 Å². The molecule has 0 spiro atoms. The lowest BCUT2D eigenvalue weighted by Gasteiger charge is -2.29. The number of amides is 1. The quantitative estimate of drug-likeness (QED) is 0.424. The van der Waals surface area contributed by atoms with Gasteiger partial charge in [-0.15, -0.1) is 0 Å². The molecule has 1 fully saturated rings. The minimum atomic E-state index is -0.0697. The van der Waals surface area contributed by atoms with Crippen LogP contribution in [-0.2, 0) is 11.3 Å². The number of hydrazone groups is 1. The largest absolute Gasteiger partial charge is 0.493 e. The average molecular weight is 417 g/mol. The van der Waals surface area contributed by atoms with Crippen LogP contribution in [0.3, 0.4) is 0 Å². The molecule has 3 rings (SSSR count). The molecule has 3 N–H and O–H groups in total. The Hall–Kier alpha value is -2.41. The normalized spacial score (nSPS) is 19.2. The van der Waals surface area contributed by atoms with Gasteiger partial charge in [0.2, 0.25) is 0 Å². The topological polar surface area (TPSA) is 59.6 Å². The zero-order valence-corrected chi connectivity index (χ0v) is 17.5. The van der Waals surface area contributed by atoms with Gasteiger partial charge < -0.3 is 14.5 Å². The van der Waals surface area contributed by atoms with Gasteiger partial charge in [0.1, 0.15) is 38.5 Å². The Labute approximate surface area is 177 Å². The first-order chi connectivity index (χ1) is 14.2. The lowest BCUT2D eigenvalue weighted by atomic mass is 10.2. The Morgan fingerprint density at radius 2 is 1.79 bits per heavy atom. The molecule has 7 heteroatoms. The van der Waals surface area contributed by atoms with Crippen LogP contribution in [0.2, 0.25) is 5.02 Å². The van der Waals surface area contributed by atoms with E-state index in [4.69, 9.17) is 16.3 Å². The van der Waals surface area contributed by atoms with Gasteiger partial charge in [0.25, 0.3) is 5.91 Å². The molecule has 0 aromatic heterocycles. The number of carbonyl (C=O) groups excluding carboxylic acids is 1. The summed E-state index contributed by atoms with van der Waals surface area (Å²) in [5, 5.41) is 4.92. The Bertz CT molecular complexity index is 835.